The van der Waals surface area contributed by atoms with Crippen LogP contribution in [0.5, 0.6) is 0 Å². The summed E-state index contributed by atoms with van der Waals surface area (Å²) in [6.07, 6.45) is 4.71. The molecule has 0 bridgehead atoms. The normalized spacial score (nSPS) is 16.5. The van der Waals surface area contributed by atoms with E-state index in [-0.39, 0.29) is 5.91 Å². The van der Waals surface area contributed by atoms with Gasteiger partial charge in [-0.2, -0.15) is 0 Å². The van der Waals surface area contributed by atoms with Gasteiger partial charge in [0.1, 0.15) is 0 Å². The van der Waals surface area contributed by atoms with Gasteiger partial charge in [0.05, 0.1) is 0 Å². The number of anilines is 1. The third-order valence-electron chi connectivity index (χ3n) is 6.64. The Hall–Kier alpha value is -2.59. The van der Waals surface area contributed by atoms with Crippen LogP contribution in [-0.4, -0.2) is 50.1 Å². The summed E-state index contributed by atoms with van der Waals surface area (Å²) < 4.78 is 0. The molecule has 4 rings (SSSR count). The van der Waals surface area contributed by atoms with Crippen molar-refractivity contribution >= 4 is 17.2 Å². The summed E-state index contributed by atoms with van der Waals surface area (Å²) in [5.74, 6) is 0.114. The average molecular weight is 418 g/mol. The fraction of sp³-hybridized carbons (Fsp3) is 0.444. The first-order valence-corrected chi connectivity index (χ1v) is 11.9. The standard InChI is InChI=1S/C27H35N3O/c1-3-29(4-2)27(31)23-12-10-21(11-13-23)26(22-14-16-28-17-15-22)24-8-7-9-25(20-24)30-18-5-6-19-30/h7-13,20,28H,3-6,14-19H2,1-2H3. The van der Waals surface area contributed by atoms with Gasteiger partial charge in [-0.05, 0) is 93.6 Å². The van der Waals surface area contributed by atoms with Crippen LogP contribution in [0.3, 0.4) is 0 Å². The smallest absolute Gasteiger partial charge is 0.253 e. The van der Waals surface area contributed by atoms with Crippen LogP contribution < -0.4 is 10.2 Å². The molecule has 4 nitrogen and oxygen atoms in total. The molecule has 0 spiro atoms. The van der Waals surface area contributed by atoms with Crippen molar-refractivity contribution in [3.05, 3.63) is 70.8 Å². The first-order valence-electron chi connectivity index (χ1n) is 11.9. The summed E-state index contributed by atoms with van der Waals surface area (Å²) in [5.41, 5.74) is 7.48. The van der Waals surface area contributed by atoms with Crippen LogP contribution >= 0.6 is 0 Å². The van der Waals surface area contributed by atoms with Crippen molar-refractivity contribution in [3.8, 4) is 0 Å². The molecule has 2 aliphatic rings. The second-order valence-electron chi connectivity index (χ2n) is 8.53. The quantitative estimate of drug-likeness (QED) is 0.722. The van der Waals surface area contributed by atoms with E-state index in [4.69, 9.17) is 0 Å². The Labute approximate surface area is 186 Å². The number of amides is 1. The van der Waals surface area contributed by atoms with Gasteiger partial charge in [0.25, 0.3) is 5.91 Å². The second-order valence-corrected chi connectivity index (χ2v) is 8.53. The molecule has 4 heteroatoms. The molecule has 1 N–H and O–H groups in total. The molecule has 164 valence electrons. The lowest BCUT2D eigenvalue weighted by Gasteiger charge is -2.23. The van der Waals surface area contributed by atoms with Crippen LogP contribution in [0, 0.1) is 0 Å². The van der Waals surface area contributed by atoms with Gasteiger partial charge < -0.3 is 15.1 Å². The Bertz CT molecular complexity index is 914. The average Bonchev–Trinajstić information content (AvgIpc) is 3.37. The minimum absolute atomic E-state index is 0.114. The Morgan fingerprint density at radius 2 is 1.55 bits per heavy atom. The Balaban J connectivity index is 1.70. The van der Waals surface area contributed by atoms with E-state index < -0.39 is 0 Å². The molecule has 1 amide bonds. The van der Waals surface area contributed by atoms with Crippen LogP contribution in [0.25, 0.3) is 5.57 Å². The van der Waals surface area contributed by atoms with E-state index in [1.54, 1.807) is 0 Å². The first kappa shape index (κ1) is 21.6. The summed E-state index contributed by atoms with van der Waals surface area (Å²) in [6, 6.07) is 17.3. The fourth-order valence-electron chi connectivity index (χ4n) is 4.86. The summed E-state index contributed by atoms with van der Waals surface area (Å²) in [4.78, 5) is 17.1. The molecule has 2 aliphatic heterocycles. The Morgan fingerprint density at radius 1 is 0.903 bits per heavy atom. The molecule has 0 unspecified atom stereocenters. The van der Waals surface area contributed by atoms with Crippen LogP contribution in [0.2, 0.25) is 0 Å². The number of rotatable bonds is 6. The van der Waals surface area contributed by atoms with Crippen LogP contribution in [0.4, 0.5) is 5.69 Å². The van der Waals surface area contributed by atoms with Crippen molar-refractivity contribution in [3.63, 3.8) is 0 Å². The molecule has 0 saturated carbocycles. The molecule has 0 atom stereocenters. The number of carbonyl (C=O) groups is 1. The van der Waals surface area contributed by atoms with Gasteiger partial charge in [0, 0.05) is 37.4 Å². The highest BCUT2D eigenvalue weighted by atomic mass is 16.2. The zero-order valence-corrected chi connectivity index (χ0v) is 19.0. The van der Waals surface area contributed by atoms with E-state index in [2.05, 4.69) is 46.6 Å². The predicted octanol–water partition coefficient (Wildman–Crippen LogP) is 4.95. The highest BCUT2D eigenvalue weighted by Crippen LogP contribution is 2.34. The van der Waals surface area contributed by atoms with Crippen molar-refractivity contribution in [2.75, 3.05) is 44.2 Å². The largest absolute Gasteiger partial charge is 0.372 e. The van der Waals surface area contributed by atoms with E-state index in [0.717, 1.165) is 57.7 Å². The van der Waals surface area contributed by atoms with Crippen molar-refractivity contribution in [2.45, 2.75) is 39.5 Å². The Morgan fingerprint density at radius 3 is 2.19 bits per heavy atom. The molecule has 2 heterocycles. The van der Waals surface area contributed by atoms with Crippen LogP contribution in [0.15, 0.2) is 54.1 Å². The second kappa shape index (κ2) is 10.1. The highest BCUT2D eigenvalue weighted by Gasteiger charge is 2.18. The lowest BCUT2D eigenvalue weighted by atomic mass is 9.88. The maximum Gasteiger partial charge on any atom is 0.253 e. The van der Waals surface area contributed by atoms with Gasteiger partial charge in [-0.1, -0.05) is 29.8 Å². The monoisotopic (exact) mass is 417 g/mol. The first-order chi connectivity index (χ1) is 15.2. The molecule has 2 fully saturated rings. The minimum atomic E-state index is 0.114. The van der Waals surface area contributed by atoms with Crippen molar-refractivity contribution in [2.24, 2.45) is 0 Å². The number of piperidine rings is 1. The molecule has 0 radical (unpaired) electrons. The van der Waals surface area contributed by atoms with E-state index in [1.165, 1.54) is 40.8 Å². The van der Waals surface area contributed by atoms with Gasteiger partial charge in [0.15, 0.2) is 0 Å². The zero-order valence-electron chi connectivity index (χ0n) is 19.0. The van der Waals surface area contributed by atoms with E-state index >= 15 is 0 Å². The highest BCUT2D eigenvalue weighted by molar-refractivity contribution is 5.95. The topological polar surface area (TPSA) is 35.6 Å². The van der Waals surface area contributed by atoms with Crippen LogP contribution in [-0.2, 0) is 0 Å². The third-order valence-corrected chi connectivity index (χ3v) is 6.64. The molecular weight excluding hydrogens is 382 g/mol. The third kappa shape index (κ3) is 4.85. The summed E-state index contributed by atoms with van der Waals surface area (Å²) >= 11 is 0. The molecule has 0 aliphatic carbocycles. The number of hydrogen-bond acceptors (Lipinski definition) is 3. The fourth-order valence-corrected chi connectivity index (χ4v) is 4.86. The van der Waals surface area contributed by atoms with E-state index in [1.807, 2.05) is 30.9 Å². The van der Waals surface area contributed by atoms with Gasteiger partial charge in [-0.15, -0.1) is 0 Å². The molecule has 0 aromatic heterocycles. The van der Waals surface area contributed by atoms with Crippen LogP contribution in [0.1, 0.15) is 61.0 Å². The van der Waals surface area contributed by atoms with E-state index in [0.29, 0.717) is 0 Å². The number of carbonyl (C=O) groups excluding carboxylic acids is 1. The number of hydrogen-bond donors (Lipinski definition) is 1. The molecule has 31 heavy (non-hydrogen) atoms. The number of benzene rings is 2. The summed E-state index contributed by atoms with van der Waals surface area (Å²) in [7, 11) is 0. The lowest BCUT2D eigenvalue weighted by Crippen LogP contribution is -2.30. The maximum atomic E-state index is 12.8. The van der Waals surface area contributed by atoms with Crippen molar-refractivity contribution in [1.82, 2.24) is 10.2 Å². The number of nitrogens with zero attached hydrogens (tertiary/aromatic N) is 2. The number of nitrogens with one attached hydrogen (secondary N) is 1. The zero-order chi connectivity index (χ0) is 21.6. The SMILES string of the molecule is CCN(CC)C(=O)c1ccc(C(=C2CCNCC2)c2cccc(N3CCCC3)c2)cc1. The van der Waals surface area contributed by atoms with Gasteiger partial charge in [-0.3, -0.25) is 4.79 Å². The van der Waals surface area contributed by atoms with Gasteiger partial charge >= 0.3 is 0 Å². The van der Waals surface area contributed by atoms with Gasteiger partial charge in [0.2, 0.25) is 0 Å². The maximum absolute atomic E-state index is 12.8. The minimum Gasteiger partial charge on any atom is -0.372 e. The van der Waals surface area contributed by atoms with Gasteiger partial charge in [-0.25, -0.2) is 0 Å². The Kier molecular flexibility index (Phi) is 7.08. The summed E-state index contributed by atoms with van der Waals surface area (Å²) in [6.45, 7) is 9.91. The molecular formula is C27H35N3O. The molecule has 2 saturated heterocycles. The molecule has 2 aromatic carbocycles. The van der Waals surface area contributed by atoms with E-state index in [9.17, 15) is 4.79 Å². The predicted molar refractivity (Wildman–Crippen MR) is 130 cm³/mol. The lowest BCUT2D eigenvalue weighted by molar-refractivity contribution is 0.0773. The van der Waals surface area contributed by atoms with Crippen molar-refractivity contribution < 1.29 is 4.79 Å². The van der Waals surface area contributed by atoms with Crippen molar-refractivity contribution in [1.29, 1.82) is 0 Å². The summed E-state index contributed by atoms with van der Waals surface area (Å²) in [5, 5.41) is 3.49. The molecule has 2 aromatic rings.